The number of hydrogen-bond acceptors (Lipinski definition) is 6. The maximum absolute atomic E-state index is 11.1. The highest BCUT2D eigenvalue weighted by Gasteiger charge is 2.37. The minimum atomic E-state index is -0.953. The Balaban J connectivity index is 1.71. The summed E-state index contributed by atoms with van der Waals surface area (Å²) in [5, 5.41) is 28.0. The number of aromatic nitrogens is 6. The van der Waals surface area contributed by atoms with Crippen molar-refractivity contribution < 1.29 is 5.11 Å². The van der Waals surface area contributed by atoms with Crippen LogP contribution in [-0.4, -0.2) is 53.1 Å². The van der Waals surface area contributed by atoms with E-state index in [2.05, 4.69) is 46.3 Å². The second-order valence-corrected chi connectivity index (χ2v) is 8.35. The van der Waals surface area contributed by atoms with E-state index < -0.39 is 5.60 Å². The molecule has 0 amide bonds. The first-order valence-corrected chi connectivity index (χ1v) is 8.96. The Morgan fingerprint density at radius 2 is 1.96 bits per heavy atom. The van der Waals surface area contributed by atoms with Gasteiger partial charge in [0.25, 0.3) is 0 Å². The average Bonchev–Trinajstić information content (AvgIpc) is 3.16. The van der Waals surface area contributed by atoms with Crippen molar-refractivity contribution in [3.63, 3.8) is 0 Å². The first-order valence-electron chi connectivity index (χ1n) is 8.96. The van der Waals surface area contributed by atoms with Crippen molar-refractivity contribution in [1.29, 1.82) is 0 Å². The first kappa shape index (κ1) is 18.0. The molecule has 3 heterocycles. The molecule has 0 saturated carbocycles. The Morgan fingerprint density at radius 3 is 2.56 bits per heavy atom. The van der Waals surface area contributed by atoms with Gasteiger partial charge in [-0.1, -0.05) is 10.4 Å². The minimum absolute atomic E-state index is 0.0801. The molecule has 1 fully saturated rings. The fraction of sp³-hybridized carbons (Fsp3) is 0.765. The third-order valence-electron chi connectivity index (χ3n) is 4.68. The van der Waals surface area contributed by atoms with Gasteiger partial charge in [0.05, 0.1) is 23.6 Å². The zero-order valence-corrected chi connectivity index (χ0v) is 15.8. The van der Waals surface area contributed by atoms with Crippen LogP contribution in [0.2, 0.25) is 0 Å². The Morgan fingerprint density at radius 1 is 1.20 bits per heavy atom. The molecule has 0 aromatic carbocycles. The van der Waals surface area contributed by atoms with Gasteiger partial charge in [-0.25, -0.2) is 9.36 Å². The molecular weight excluding hydrogens is 318 g/mol. The van der Waals surface area contributed by atoms with Crippen molar-refractivity contribution in [3.05, 3.63) is 23.8 Å². The van der Waals surface area contributed by atoms with Crippen molar-refractivity contribution in [2.45, 2.75) is 71.2 Å². The summed E-state index contributed by atoms with van der Waals surface area (Å²) in [6.45, 7) is 12.5. The van der Waals surface area contributed by atoms with Gasteiger partial charge in [-0.05, 0) is 54.0 Å². The predicted octanol–water partition coefficient (Wildman–Crippen LogP) is 1.69. The SMILES string of the molecule is CC(C)n1cc([C@]2(O)CCCN(Cc3cn(C(C)(C)C)nn3)C2)nn1. The van der Waals surface area contributed by atoms with Crippen LogP contribution in [0.15, 0.2) is 12.4 Å². The highest BCUT2D eigenvalue weighted by atomic mass is 16.3. The molecule has 0 spiro atoms. The van der Waals surface area contributed by atoms with Gasteiger partial charge in [0.2, 0.25) is 0 Å². The molecule has 1 N–H and O–H groups in total. The summed E-state index contributed by atoms with van der Waals surface area (Å²) >= 11 is 0. The lowest BCUT2D eigenvalue weighted by Crippen LogP contribution is -2.46. The highest BCUT2D eigenvalue weighted by molar-refractivity contribution is 5.10. The van der Waals surface area contributed by atoms with Gasteiger partial charge in [-0.2, -0.15) is 0 Å². The van der Waals surface area contributed by atoms with Crippen LogP contribution in [0, 0.1) is 0 Å². The van der Waals surface area contributed by atoms with Crippen molar-refractivity contribution in [2.24, 2.45) is 0 Å². The van der Waals surface area contributed by atoms with E-state index in [1.54, 1.807) is 4.68 Å². The molecule has 1 atom stereocenters. The molecule has 0 unspecified atom stereocenters. The van der Waals surface area contributed by atoms with E-state index in [1.807, 2.05) is 30.9 Å². The monoisotopic (exact) mass is 347 g/mol. The van der Waals surface area contributed by atoms with Crippen molar-refractivity contribution >= 4 is 0 Å². The Labute approximate surface area is 148 Å². The van der Waals surface area contributed by atoms with Crippen molar-refractivity contribution in [3.8, 4) is 0 Å². The number of nitrogens with zero attached hydrogens (tertiary/aromatic N) is 7. The van der Waals surface area contributed by atoms with E-state index in [1.165, 1.54) is 0 Å². The standard InChI is InChI=1S/C17H29N7O/c1-13(2)23-11-15(19-20-23)17(25)7-6-8-22(12-17)9-14-10-24(21-18-14)16(3,4)5/h10-11,13,25H,6-9,12H2,1-5H3/t17-/m0/s1. The number of aliphatic hydroxyl groups is 1. The molecule has 0 aliphatic carbocycles. The van der Waals surface area contributed by atoms with Gasteiger partial charge >= 0.3 is 0 Å². The van der Waals surface area contributed by atoms with E-state index in [9.17, 15) is 5.11 Å². The molecular formula is C17H29N7O. The van der Waals surface area contributed by atoms with Crippen molar-refractivity contribution in [2.75, 3.05) is 13.1 Å². The van der Waals surface area contributed by atoms with Crippen molar-refractivity contribution in [1.82, 2.24) is 34.9 Å². The molecule has 8 nitrogen and oxygen atoms in total. The average molecular weight is 347 g/mol. The summed E-state index contributed by atoms with van der Waals surface area (Å²) in [4.78, 5) is 2.22. The summed E-state index contributed by atoms with van der Waals surface area (Å²) in [6.07, 6.45) is 5.47. The fourth-order valence-corrected chi connectivity index (χ4v) is 3.14. The lowest BCUT2D eigenvalue weighted by atomic mass is 9.90. The second kappa shape index (κ2) is 6.49. The number of piperidine rings is 1. The van der Waals surface area contributed by atoms with Crippen LogP contribution in [-0.2, 0) is 17.7 Å². The predicted molar refractivity (Wildman–Crippen MR) is 93.8 cm³/mol. The van der Waals surface area contributed by atoms with E-state index in [4.69, 9.17) is 0 Å². The summed E-state index contributed by atoms with van der Waals surface area (Å²) in [5.41, 5.74) is 0.545. The number of β-amino-alcohol motifs (C(OH)–C–C–N with tert-alkyl or cyclic N) is 1. The van der Waals surface area contributed by atoms with Crippen LogP contribution in [0.3, 0.4) is 0 Å². The topological polar surface area (TPSA) is 84.9 Å². The van der Waals surface area contributed by atoms with Crippen LogP contribution in [0.25, 0.3) is 0 Å². The molecule has 25 heavy (non-hydrogen) atoms. The molecule has 138 valence electrons. The Bertz CT molecular complexity index is 715. The third-order valence-corrected chi connectivity index (χ3v) is 4.68. The van der Waals surface area contributed by atoms with Gasteiger partial charge in [-0.3, -0.25) is 4.90 Å². The summed E-state index contributed by atoms with van der Waals surface area (Å²) in [5.74, 6) is 0. The van der Waals surface area contributed by atoms with Crippen LogP contribution >= 0.6 is 0 Å². The Kier molecular flexibility index (Phi) is 4.68. The quantitative estimate of drug-likeness (QED) is 0.906. The molecule has 3 rings (SSSR count). The number of hydrogen-bond donors (Lipinski definition) is 1. The molecule has 2 aromatic rings. The normalized spacial score (nSPS) is 22.7. The number of rotatable bonds is 4. The minimum Gasteiger partial charge on any atom is -0.382 e. The van der Waals surface area contributed by atoms with Crippen LogP contribution in [0.5, 0.6) is 0 Å². The van der Waals surface area contributed by atoms with E-state index in [0.717, 1.165) is 18.7 Å². The summed E-state index contributed by atoms with van der Waals surface area (Å²) in [7, 11) is 0. The van der Waals surface area contributed by atoms with Crippen LogP contribution in [0.1, 0.15) is 64.9 Å². The van der Waals surface area contributed by atoms with Gasteiger partial charge in [0, 0.05) is 19.1 Å². The second-order valence-electron chi connectivity index (χ2n) is 8.35. The van der Waals surface area contributed by atoms with Crippen LogP contribution in [0.4, 0.5) is 0 Å². The van der Waals surface area contributed by atoms with Gasteiger partial charge in [0.15, 0.2) is 0 Å². The zero-order valence-electron chi connectivity index (χ0n) is 15.8. The molecule has 1 aliphatic heterocycles. The lowest BCUT2D eigenvalue weighted by Gasteiger charge is -2.37. The number of likely N-dealkylation sites (tertiary alicyclic amines) is 1. The molecule has 8 heteroatoms. The van der Waals surface area contributed by atoms with Gasteiger partial charge in [0.1, 0.15) is 11.3 Å². The van der Waals surface area contributed by atoms with Gasteiger partial charge in [-0.15, -0.1) is 10.2 Å². The molecule has 2 aromatic heterocycles. The summed E-state index contributed by atoms with van der Waals surface area (Å²) in [6, 6.07) is 0.233. The fourth-order valence-electron chi connectivity index (χ4n) is 3.14. The molecule has 0 bridgehead atoms. The molecule has 1 saturated heterocycles. The van der Waals surface area contributed by atoms with E-state index >= 15 is 0 Å². The maximum atomic E-state index is 11.1. The first-order chi connectivity index (χ1) is 11.7. The van der Waals surface area contributed by atoms with E-state index in [0.29, 0.717) is 25.2 Å². The Hall–Kier alpha value is -1.80. The van der Waals surface area contributed by atoms with Crippen LogP contribution < -0.4 is 0 Å². The smallest absolute Gasteiger partial charge is 0.123 e. The van der Waals surface area contributed by atoms with E-state index in [-0.39, 0.29) is 11.6 Å². The van der Waals surface area contributed by atoms with Gasteiger partial charge < -0.3 is 5.11 Å². The molecule has 0 radical (unpaired) electrons. The molecule has 1 aliphatic rings. The maximum Gasteiger partial charge on any atom is 0.123 e. The zero-order chi connectivity index (χ0) is 18.2. The lowest BCUT2D eigenvalue weighted by molar-refractivity contribution is -0.0417. The highest BCUT2D eigenvalue weighted by Crippen LogP contribution is 2.31. The third kappa shape index (κ3) is 3.90. The summed E-state index contributed by atoms with van der Waals surface area (Å²) < 4.78 is 3.67. The largest absolute Gasteiger partial charge is 0.382 e.